The smallest absolute Gasteiger partial charge is 0.337 e. The average Bonchev–Trinajstić information content (AvgIpc) is 2.81. The van der Waals surface area contributed by atoms with Crippen molar-refractivity contribution in [1.29, 1.82) is 0 Å². The van der Waals surface area contributed by atoms with Gasteiger partial charge in [0, 0.05) is 11.1 Å². The summed E-state index contributed by atoms with van der Waals surface area (Å²) in [7, 11) is 1.38. The molecule has 1 aromatic heterocycles. The van der Waals surface area contributed by atoms with Gasteiger partial charge in [0.2, 0.25) is 0 Å². The summed E-state index contributed by atoms with van der Waals surface area (Å²) in [5, 5.41) is 6.30. The summed E-state index contributed by atoms with van der Waals surface area (Å²) in [6.45, 7) is 2.63. The number of rotatable bonds is 4. The Labute approximate surface area is 110 Å². The molecule has 1 aromatic carbocycles. The molecule has 2 aromatic rings. The molecule has 94 valence electrons. The van der Waals surface area contributed by atoms with Gasteiger partial charge in [-0.15, -0.1) is 11.3 Å². The number of hydrogen-bond acceptors (Lipinski definition) is 5. The highest BCUT2D eigenvalue weighted by molar-refractivity contribution is 7.09. The number of esters is 1. The summed E-state index contributed by atoms with van der Waals surface area (Å²) >= 11 is 1.63. The lowest BCUT2D eigenvalue weighted by molar-refractivity contribution is 0.0601. The number of methoxy groups -OCH3 is 1. The van der Waals surface area contributed by atoms with Gasteiger partial charge in [-0.1, -0.05) is 6.07 Å². The van der Waals surface area contributed by atoms with E-state index in [9.17, 15) is 4.79 Å². The zero-order valence-electron chi connectivity index (χ0n) is 10.3. The molecule has 0 amide bonds. The first-order chi connectivity index (χ1) is 8.69. The summed E-state index contributed by atoms with van der Waals surface area (Å²) in [5.74, 6) is -0.330. The van der Waals surface area contributed by atoms with Gasteiger partial charge in [0.25, 0.3) is 0 Å². The molecule has 0 atom stereocenters. The number of ether oxygens (including phenoxy) is 1. The molecule has 0 spiro atoms. The predicted octanol–water partition coefficient (Wildman–Crippen LogP) is 2.85. The van der Waals surface area contributed by atoms with Crippen LogP contribution in [0.5, 0.6) is 0 Å². The van der Waals surface area contributed by atoms with Crippen LogP contribution < -0.4 is 5.32 Å². The molecule has 1 N–H and O–H groups in total. The molecule has 18 heavy (non-hydrogen) atoms. The molecule has 1 heterocycles. The van der Waals surface area contributed by atoms with E-state index in [1.165, 1.54) is 7.11 Å². The van der Waals surface area contributed by atoms with E-state index in [0.717, 1.165) is 16.4 Å². The zero-order chi connectivity index (χ0) is 13.0. The van der Waals surface area contributed by atoms with E-state index in [0.29, 0.717) is 12.1 Å². The third-order valence-electron chi connectivity index (χ3n) is 2.42. The second kappa shape index (κ2) is 5.64. The molecule has 0 aliphatic heterocycles. The van der Waals surface area contributed by atoms with E-state index in [2.05, 4.69) is 15.0 Å². The van der Waals surface area contributed by atoms with Crippen LogP contribution in [-0.2, 0) is 11.3 Å². The van der Waals surface area contributed by atoms with Crippen LogP contribution in [0.4, 0.5) is 5.69 Å². The Balaban J connectivity index is 2.03. The van der Waals surface area contributed by atoms with Crippen LogP contribution in [0.25, 0.3) is 0 Å². The fourth-order valence-electron chi connectivity index (χ4n) is 1.56. The van der Waals surface area contributed by atoms with Crippen molar-refractivity contribution in [3.63, 3.8) is 0 Å². The molecule has 0 radical (unpaired) electrons. The second-order valence-corrected chi connectivity index (χ2v) is 4.85. The van der Waals surface area contributed by atoms with Crippen LogP contribution in [0.15, 0.2) is 29.6 Å². The normalized spacial score (nSPS) is 10.1. The number of thiazole rings is 1. The van der Waals surface area contributed by atoms with Crippen molar-refractivity contribution >= 4 is 23.0 Å². The van der Waals surface area contributed by atoms with E-state index in [4.69, 9.17) is 0 Å². The second-order valence-electron chi connectivity index (χ2n) is 3.78. The SMILES string of the molecule is COC(=O)c1cccc(NCc2csc(C)n2)c1. The van der Waals surface area contributed by atoms with E-state index >= 15 is 0 Å². The molecular formula is C13H14N2O2S. The molecule has 5 heteroatoms. The van der Waals surface area contributed by atoms with Crippen LogP contribution in [0.1, 0.15) is 21.1 Å². The van der Waals surface area contributed by atoms with Gasteiger partial charge in [-0.25, -0.2) is 9.78 Å². The molecular weight excluding hydrogens is 248 g/mol. The molecule has 0 unspecified atom stereocenters. The van der Waals surface area contributed by atoms with Gasteiger partial charge in [-0.3, -0.25) is 0 Å². The van der Waals surface area contributed by atoms with Gasteiger partial charge < -0.3 is 10.1 Å². The summed E-state index contributed by atoms with van der Waals surface area (Å²) in [6, 6.07) is 7.22. The molecule has 0 fully saturated rings. The molecule has 0 bridgehead atoms. The van der Waals surface area contributed by atoms with Gasteiger partial charge in [-0.05, 0) is 25.1 Å². The van der Waals surface area contributed by atoms with E-state index in [1.54, 1.807) is 23.5 Å². The number of carbonyl (C=O) groups is 1. The quantitative estimate of drug-likeness (QED) is 0.861. The number of nitrogens with zero attached hydrogens (tertiary/aromatic N) is 1. The van der Waals surface area contributed by atoms with Gasteiger partial charge in [0.1, 0.15) is 0 Å². The van der Waals surface area contributed by atoms with Crippen molar-refractivity contribution in [2.45, 2.75) is 13.5 Å². The summed E-state index contributed by atoms with van der Waals surface area (Å²) in [6.07, 6.45) is 0. The largest absolute Gasteiger partial charge is 0.465 e. The van der Waals surface area contributed by atoms with Crippen LogP contribution in [0.2, 0.25) is 0 Å². The number of aromatic nitrogens is 1. The highest BCUT2D eigenvalue weighted by Gasteiger charge is 2.05. The van der Waals surface area contributed by atoms with E-state index in [1.807, 2.05) is 24.4 Å². The maximum Gasteiger partial charge on any atom is 0.337 e. The maximum atomic E-state index is 11.4. The fourth-order valence-corrected chi connectivity index (χ4v) is 2.17. The van der Waals surface area contributed by atoms with E-state index < -0.39 is 0 Å². The molecule has 2 rings (SSSR count). The Morgan fingerprint density at radius 3 is 3.00 bits per heavy atom. The predicted molar refractivity (Wildman–Crippen MR) is 72.0 cm³/mol. The molecule has 4 nitrogen and oxygen atoms in total. The van der Waals surface area contributed by atoms with Crippen molar-refractivity contribution < 1.29 is 9.53 Å². The Morgan fingerprint density at radius 2 is 2.33 bits per heavy atom. The van der Waals surface area contributed by atoms with Crippen molar-refractivity contribution in [2.24, 2.45) is 0 Å². The lowest BCUT2D eigenvalue weighted by Crippen LogP contribution is -2.04. The lowest BCUT2D eigenvalue weighted by Gasteiger charge is -2.06. The minimum atomic E-state index is -0.330. The Kier molecular flexibility index (Phi) is 3.94. The third-order valence-corrected chi connectivity index (χ3v) is 3.25. The lowest BCUT2D eigenvalue weighted by atomic mass is 10.2. The molecule has 0 saturated carbocycles. The van der Waals surface area contributed by atoms with Crippen molar-refractivity contribution in [3.8, 4) is 0 Å². The molecule has 0 saturated heterocycles. The van der Waals surface area contributed by atoms with Gasteiger partial charge in [0.05, 0.1) is 29.9 Å². The summed E-state index contributed by atoms with van der Waals surface area (Å²) < 4.78 is 4.68. The summed E-state index contributed by atoms with van der Waals surface area (Å²) in [4.78, 5) is 15.7. The fraction of sp³-hybridized carbons (Fsp3) is 0.231. The standard InChI is InChI=1S/C13H14N2O2S/c1-9-15-12(8-18-9)7-14-11-5-3-4-10(6-11)13(16)17-2/h3-6,8,14H,7H2,1-2H3. The summed E-state index contributed by atoms with van der Waals surface area (Å²) in [5.41, 5.74) is 2.42. The first-order valence-electron chi connectivity index (χ1n) is 5.52. The third kappa shape index (κ3) is 3.07. The van der Waals surface area contributed by atoms with Crippen molar-refractivity contribution in [3.05, 3.63) is 45.9 Å². The Hall–Kier alpha value is -1.88. The molecule has 0 aliphatic rings. The number of hydrogen-bond donors (Lipinski definition) is 1. The number of benzene rings is 1. The van der Waals surface area contributed by atoms with Crippen LogP contribution in [0.3, 0.4) is 0 Å². The minimum Gasteiger partial charge on any atom is -0.465 e. The van der Waals surface area contributed by atoms with Crippen molar-refractivity contribution in [2.75, 3.05) is 12.4 Å². The van der Waals surface area contributed by atoms with Crippen molar-refractivity contribution in [1.82, 2.24) is 4.98 Å². The molecule has 0 aliphatic carbocycles. The van der Waals surface area contributed by atoms with Crippen LogP contribution in [0, 0.1) is 6.92 Å². The van der Waals surface area contributed by atoms with E-state index in [-0.39, 0.29) is 5.97 Å². The number of carbonyl (C=O) groups excluding carboxylic acids is 1. The first-order valence-corrected chi connectivity index (χ1v) is 6.40. The highest BCUT2D eigenvalue weighted by Crippen LogP contribution is 2.14. The van der Waals surface area contributed by atoms with Gasteiger partial charge >= 0.3 is 5.97 Å². The zero-order valence-corrected chi connectivity index (χ0v) is 11.1. The topological polar surface area (TPSA) is 51.2 Å². The van der Waals surface area contributed by atoms with Gasteiger partial charge in [-0.2, -0.15) is 0 Å². The monoisotopic (exact) mass is 262 g/mol. The first kappa shape index (κ1) is 12.6. The highest BCUT2D eigenvalue weighted by atomic mass is 32.1. The number of anilines is 1. The Bertz CT molecular complexity index is 551. The number of nitrogens with one attached hydrogen (secondary N) is 1. The Morgan fingerprint density at radius 1 is 1.50 bits per heavy atom. The average molecular weight is 262 g/mol. The van der Waals surface area contributed by atoms with Crippen LogP contribution in [-0.4, -0.2) is 18.1 Å². The van der Waals surface area contributed by atoms with Crippen LogP contribution >= 0.6 is 11.3 Å². The minimum absolute atomic E-state index is 0.330. The maximum absolute atomic E-state index is 11.4. The number of aryl methyl sites for hydroxylation is 1. The van der Waals surface area contributed by atoms with Gasteiger partial charge in [0.15, 0.2) is 0 Å².